The minimum absolute atomic E-state index is 0.0769. The standard InChI is InChI=1S/C9H20ClNO3S/c1-2-14-7-6-11-5-3-8-15(12,13)9-4-10/h11H,2-9H2,1H3. The summed E-state index contributed by atoms with van der Waals surface area (Å²) in [6, 6.07) is 0. The molecule has 0 aliphatic heterocycles. The molecule has 0 unspecified atom stereocenters. The number of sulfone groups is 1. The molecule has 15 heavy (non-hydrogen) atoms. The maximum Gasteiger partial charge on any atom is 0.151 e. The monoisotopic (exact) mass is 257 g/mol. The van der Waals surface area contributed by atoms with E-state index in [1.54, 1.807) is 0 Å². The molecule has 92 valence electrons. The van der Waals surface area contributed by atoms with E-state index in [0.29, 0.717) is 26.2 Å². The number of hydrogen-bond donors (Lipinski definition) is 1. The van der Waals surface area contributed by atoms with Gasteiger partial charge in [0.15, 0.2) is 9.84 Å². The third-order valence-corrected chi connectivity index (χ3v) is 3.97. The van der Waals surface area contributed by atoms with Gasteiger partial charge in [-0.15, -0.1) is 11.6 Å². The van der Waals surface area contributed by atoms with Crippen LogP contribution in [0.4, 0.5) is 0 Å². The van der Waals surface area contributed by atoms with Crippen molar-refractivity contribution >= 4 is 21.4 Å². The van der Waals surface area contributed by atoms with Crippen LogP contribution < -0.4 is 5.32 Å². The second-order valence-electron chi connectivity index (χ2n) is 3.14. The molecule has 0 aliphatic rings. The molecule has 0 rings (SSSR count). The predicted molar refractivity (Wildman–Crippen MR) is 63.4 cm³/mol. The van der Waals surface area contributed by atoms with Crippen molar-refractivity contribution in [1.82, 2.24) is 5.32 Å². The van der Waals surface area contributed by atoms with Gasteiger partial charge in [0.25, 0.3) is 0 Å². The van der Waals surface area contributed by atoms with Crippen LogP contribution in [0, 0.1) is 0 Å². The molecule has 1 N–H and O–H groups in total. The van der Waals surface area contributed by atoms with Crippen LogP contribution in [0.5, 0.6) is 0 Å². The summed E-state index contributed by atoms with van der Waals surface area (Å²) in [5.41, 5.74) is 0. The van der Waals surface area contributed by atoms with Crippen molar-refractivity contribution in [2.45, 2.75) is 13.3 Å². The van der Waals surface area contributed by atoms with Crippen molar-refractivity contribution in [3.05, 3.63) is 0 Å². The highest BCUT2D eigenvalue weighted by molar-refractivity contribution is 7.91. The summed E-state index contributed by atoms with van der Waals surface area (Å²) in [4.78, 5) is 0. The zero-order chi connectivity index (χ0) is 11.6. The van der Waals surface area contributed by atoms with Crippen LogP contribution in [-0.4, -0.2) is 52.1 Å². The SMILES string of the molecule is CCOCCNCCCS(=O)(=O)CCCl. The second-order valence-corrected chi connectivity index (χ2v) is 5.82. The van der Waals surface area contributed by atoms with Gasteiger partial charge in [-0.2, -0.15) is 0 Å². The Morgan fingerprint density at radius 2 is 2.00 bits per heavy atom. The van der Waals surface area contributed by atoms with Crippen molar-refractivity contribution in [1.29, 1.82) is 0 Å². The van der Waals surface area contributed by atoms with E-state index < -0.39 is 9.84 Å². The molecule has 0 spiro atoms. The van der Waals surface area contributed by atoms with Crippen molar-refractivity contribution in [2.24, 2.45) is 0 Å². The van der Waals surface area contributed by atoms with E-state index in [9.17, 15) is 8.42 Å². The molecule has 0 radical (unpaired) electrons. The quantitative estimate of drug-likeness (QED) is 0.461. The first kappa shape index (κ1) is 15.2. The van der Waals surface area contributed by atoms with Gasteiger partial charge in [-0.25, -0.2) is 8.42 Å². The van der Waals surface area contributed by atoms with Crippen LogP contribution in [0.1, 0.15) is 13.3 Å². The zero-order valence-electron chi connectivity index (χ0n) is 9.17. The topological polar surface area (TPSA) is 55.4 Å². The fraction of sp³-hybridized carbons (Fsp3) is 1.00. The number of ether oxygens (including phenoxy) is 1. The zero-order valence-corrected chi connectivity index (χ0v) is 10.7. The van der Waals surface area contributed by atoms with Gasteiger partial charge in [-0.1, -0.05) is 0 Å². The molecule has 4 nitrogen and oxygen atoms in total. The Bertz CT molecular complexity index is 232. The number of alkyl halides is 1. The Morgan fingerprint density at radius 3 is 2.60 bits per heavy atom. The molecule has 0 aromatic carbocycles. The highest BCUT2D eigenvalue weighted by Gasteiger charge is 2.08. The maximum atomic E-state index is 11.2. The fourth-order valence-corrected chi connectivity index (χ4v) is 2.78. The molecule has 0 amide bonds. The summed E-state index contributed by atoms with van der Waals surface area (Å²) in [6.45, 7) is 4.80. The van der Waals surface area contributed by atoms with Gasteiger partial charge in [0, 0.05) is 19.0 Å². The summed E-state index contributed by atoms with van der Waals surface area (Å²) in [5, 5.41) is 3.11. The Hall–Kier alpha value is 0.160. The van der Waals surface area contributed by atoms with Crippen molar-refractivity contribution in [3.8, 4) is 0 Å². The molecule has 0 saturated heterocycles. The van der Waals surface area contributed by atoms with Crippen molar-refractivity contribution in [3.63, 3.8) is 0 Å². The van der Waals surface area contributed by atoms with Crippen molar-refractivity contribution < 1.29 is 13.2 Å². The number of hydrogen-bond acceptors (Lipinski definition) is 4. The average molecular weight is 258 g/mol. The fourth-order valence-electron chi connectivity index (χ4n) is 1.05. The molecule has 0 heterocycles. The molecule has 0 aromatic rings. The Kier molecular flexibility index (Phi) is 9.49. The van der Waals surface area contributed by atoms with Crippen LogP contribution in [0.25, 0.3) is 0 Å². The largest absolute Gasteiger partial charge is 0.380 e. The first-order valence-corrected chi connectivity index (χ1v) is 7.53. The van der Waals surface area contributed by atoms with E-state index in [1.165, 1.54) is 0 Å². The number of rotatable bonds is 10. The Labute approximate surface area is 97.3 Å². The third-order valence-electron chi connectivity index (χ3n) is 1.82. The van der Waals surface area contributed by atoms with Gasteiger partial charge in [0.1, 0.15) is 0 Å². The Morgan fingerprint density at radius 1 is 1.27 bits per heavy atom. The lowest BCUT2D eigenvalue weighted by atomic mass is 10.5. The number of halogens is 1. The second kappa shape index (κ2) is 9.39. The molecule has 0 aliphatic carbocycles. The van der Waals surface area contributed by atoms with Gasteiger partial charge in [0.2, 0.25) is 0 Å². The van der Waals surface area contributed by atoms with Crippen LogP contribution in [-0.2, 0) is 14.6 Å². The van der Waals surface area contributed by atoms with E-state index in [2.05, 4.69) is 5.32 Å². The van der Waals surface area contributed by atoms with Crippen molar-refractivity contribution in [2.75, 3.05) is 43.7 Å². The van der Waals surface area contributed by atoms with Crippen LogP contribution >= 0.6 is 11.6 Å². The summed E-state index contributed by atoms with van der Waals surface area (Å²) in [5.74, 6) is 0.467. The van der Waals surface area contributed by atoms with Gasteiger partial charge >= 0.3 is 0 Å². The molecule has 0 atom stereocenters. The normalized spacial score (nSPS) is 11.9. The lowest BCUT2D eigenvalue weighted by Gasteiger charge is -2.05. The Balaban J connectivity index is 3.31. The third kappa shape index (κ3) is 10.4. The van der Waals surface area contributed by atoms with Gasteiger partial charge in [-0.3, -0.25) is 0 Å². The molecular weight excluding hydrogens is 238 g/mol. The molecule has 0 aromatic heterocycles. The summed E-state index contributed by atoms with van der Waals surface area (Å²) in [6.07, 6.45) is 0.630. The summed E-state index contributed by atoms with van der Waals surface area (Å²) < 4.78 is 27.6. The highest BCUT2D eigenvalue weighted by Crippen LogP contribution is 1.94. The molecule has 0 bridgehead atoms. The van der Waals surface area contributed by atoms with E-state index >= 15 is 0 Å². The van der Waals surface area contributed by atoms with Crippen LogP contribution in [0.2, 0.25) is 0 Å². The minimum atomic E-state index is -2.93. The lowest BCUT2D eigenvalue weighted by molar-refractivity contribution is 0.149. The molecule has 0 fully saturated rings. The average Bonchev–Trinajstić information content (AvgIpc) is 2.16. The predicted octanol–water partition coefficient (Wildman–Crippen LogP) is 0.656. The van der Waals surface area contributed by atoms with Gasteiger partial charge in [0.05, 0.1) is 18.1 Å². The smallest absolute Gasteiger partial charge is 0.151 e. The first-order chi connectivity index (χ1) is 7.12. The maximum absolute atomic E-state index is 11.2. The molecular formula is C9H20ClNO3S. The molecule has 6 heteroatoms. The number of nitrogens with one attached hydrogen (secondary N) is 1. The lowest BCUT2D eigenvalue weighted by Crippen LogP contribution is -2.23. The van der Waals surface area contributed by atoms with Gasteiger partial charge < -0.3 is 10.1 Å². The van der Waals surface area contributed by atoms with Gasteiger partial charge in [-0.05, 0) is 19.9 Å². The summed E-state index contributed by atoms with van der Waals surface area (Å²) in [7, 11) is -2.93. The molecule has 0 saturated carbocycles. The van der Waals surface area contributed by atoms with E-state index in [0.717, 1.165) is 6.54 Å². The van der Waals surface area contributed by atoms with E-state index in [4.69, 9.17) is 16.3 Å². The first-order valence-electron chi connectivity index (χ1n) is 5.17. The summed E-state index contributed by atoms with van der Waals surface area (Å²) >= 11 is 5.37. The van der Waals surface area contributed by atoms with E-state index in [-0.39, 0.29) is 17.4 Å². The minimum Gasteiger partial charge on any atom is -0.380 e. The van der Waals surface area contributed by atoms with Crippen LogP contribution in [0.15, 0.2) is 0 Å². The highest BCUT2D eigenvalue weighted by atomic mass is 35.5. The van der Waals surface area contributed by atoms with Crippen LogP contribution in [0.3, 0.4) is 0 Å². The van der Waals surface area contributed by atoms with E-state index in [1.807, 2.05) is 6.92 Å².